The van der Waals surface area contributed by atoms with Crippen LogP contribution in [0.4, 0.5) is 4.79 Å². The molecule has 0 unspecified atom stereocenters. The van der Waals surface area contributed by atoms with Crippen molar-refractivity contribution < 1.29 is 9.53 Å². The Morgan fingerprint density at radius 2 is 2.26 bits per heavy atom. The van der Waals surface area contributed by atoms with Gasteiger partial charge in [-0.05, 0) is 49.2 Å². The highest BCUT2D eigenvalue weighted by Gasteiger charge is 2.36. The Morgan fingerprint density at radius 1 is 1.63 bits per heavy atom. The molecule has 0 aromatic heterocycles. The fourth-order valence-electron chi connectivity index (χ4n) is 2.54. The molecule has 0 saturated heterocycles. The van der Waals surface area contributed by atoms with Gasteiger partial charge >= 0.3 is 6.09 Å². The van der Waals surface area contributed by atoms with Crippen LogP contribution in [0.1, 0.15) is 46.5 Å². The first-order valence-electron chi connectivity index (χ1n) is 6.72. The average molecular weight is 284 g/mol. The molecule has 1 aliphatic rings. The highest BCUT2D eigenvalue weighted by molar-refractivity contribution is 7.80. The Balaban J connectivity index is 2.65. The highest BCUT2D eigenvalue weighted by Crippen LogP contribution is 2.42. The lowest BCUT2D eigenvalue weighted by atomic mass is 9.67. The number of hydrogen-bond donors (Lipinski definition) is 1. The first-order chi connectivity index (χ1) is 8.80. The van der Waals surface area contributed by atoms with E-state index in [4.69, 9.17) is 22.7 Å². The molecule has 0 aliphatic heterocycles. The summed E-state index contributed by atoms with van der Waals surface area (Å²) in [5.74, 6) is 0.570. The van der Waals surface area contributed by atoms with Crippen LogP contribution < -0.4 is 5.73 Å². The first-order valence-corrected chi connectivity index (χ1v) is 7.13. The number of thiocarbonyl (C=S) groups is 1. The van der Waals surface area contributed by atoms with Crippen LogP contribution in [-0.4, -0.2) is 22.2 Å². The fraction of sp³-hybridized carbons (Fsp3) is 0.714. The molecule has 2 N–H and O–H groups in total. The number of ether oxygens (including phenoxy) is 1. The van der Waals surface area contributed by atoms with E-state index in [1.165, 1.54) is 12.6 Å². The van der Waals surface area contributed by atoms with E-state index in [9.17, 15) is 4.79 Å². The van der Waals surface area contributed by atoms with E-state index in [1.807, 2.05) is 0 Å². The van der Waals surface area contributed by atoms with Crippen molar-refractivity contribution in [1.82, 2.24) is 4.90 Å². The van der Waals surface area contributed by atoms with Crippen molar-refractivity contribution in [3.05, 3.63) is 12.8 Å². The standard InChI is InChI=1S/C14H24N2O2S/c1-5-16(12(15)19)13(17)18-11-7-6-8-14(4,9-11)10(2)3/h5,10-11H,1,6-9H2,2-4H3,(H2,15,19)/t11-,14+/m0/s1. The van der Waals surface area contributed by atoms with Crippen LogP contribution in [0, 0.1) is 11.3 Å². The van der Waals surface area contributed by atoms with E-state index in [1.54, 1.807) is 0 Å². The van der Waals surface area contributed by atoms with Crippen LogP contribution >= 0.6 is 12.2 Å². The number of carbonyl (C=O) groups is 1. The number of amides is 1. The van der Waals surface area contributed by atoms with Crippen LogP contribution in [0.5, 0.6) is 0 Å². The molecule has 4 nitrogen and oxygen atoms in total. The quantitative estimate of drug-likeness (QED) is 0.807. The summed E-state index contributed by atoms with van der Waals surface area (Å²) in [5, 5.41) is -0.0394. The van der Waals surface area contributed by atoms with Gasteiger partial charge in [0.2, 0.25) is 0 Å². The van der Waals surface area contributed by atoms with Crippen molar-refractivity contribution in [2.24, 2.45) is 17.1 Å². The Kier molecular flexibility index (Phi) is 5.35. The average Bonchev–Trinajstić information content (AvgIpc) is 2.29. The lowest BCUT2D eigenvalue weighted by molar-refractivity contribution is 0.00757. The van der Waals surface area contributed by atoms with E-state index < -0.39 is 6.09 Å². The summed E-state index contributed by atoms with van der Waals surface area (Å²) >= 11 is 4.78. The third-order valence-corrected chi connectivity index (χ3v) is 4.44. The second kappa shape index (κ2) is 6.37. The van der Waals surface area contributed by atoms with Gasteiger partial charge in [-0.1, -0.05) is 27.4 Å². The molecule has 1 amide bonds. The van der Waals surface area contributed by atoms with Crippen molar-refractivity contribution >= 4 is 23.4 Å². The SMILES string of the molecule is C=CN(C(=O)O[C@H]1CCC[C@@](C)(C(C)C)C1)C(N)=S. The summed E-state index contributed by atoms with van der Waals surface area (Å²) < 4.78 is 5.50. The van der Waals surface area contributed by atoms with Gasteiger partial charge in [-0.15, -0.1) is 0 Å². The summed E-state index contributed by atoms with van der Waals surface area (Å²) in [7, 11) is 0. The molecule has 19 heavy (non-hydrogen) atoms. The molecular weight excluding hydrogens is 260 g/mol. The minimum Gasteiger partial charge on any atom is -0.446 e. The number of carbonyl (C=O) groups excluding carboxylic acids is 1. The third-order valence-electron chi connectivity index (χ3n) is 4.25. The zero-order valence-electron chi connectivity index (χ0n) is 12.0. The van der Waals surface area contributed by atoms with Gasteiger partial charge in [0.1, 0.15) is 6.10 Å². The van der Waals surface area contributed by atoms with Crippen molar-refractivity contribution in [2.45, 2.75) is 52.6 Å². The molecular formula is C14H24N2O2S. The minimum atomic E-state index is -0.527. The van der Waals surface area contributed by atoms with E-state index in [0.717, 1.165) is 24.2 Å². The molecule has 5 heteroatoms. The van der Waals surface area contributed by atoms with Crippen molar-refractivity contribution in [3.63, 3.8) is 0 Å². The molecule has 0 aromatic rings. The second-order valence-electron chi connectivity index (χ2n) is 5.80. The Hall–Kier alpha value is -1.10. The molecule has 1 rings (SSSR count). The Morgan fingerprint density at radius 3 is 2.74 bits per heavy atom. The molecule has 2 atom stereocenters. The van der Waals surface area contributed by atoms with Gasteiger partial charge in [-0.3, -0.25) is 0 Å². The van der Waals surface area contributed by atoms with E-state index in [2.05, 4.69) is 27.4 Å². The van der Waals surface area contributed by atoms with E-state index >= 15 is 0 Å². The summed E-state index contributed by atoms with van der Waals surface area (Å²) in [5.41, 5.74) is 5.67. The van der Waals surface area contributed by atoms with Gasteiger partial charge in [-0.2, -0.15) is 0 Å². The second-order valence-corrected chi connectivity index (χ2v) is 6.22. The molecule has 1 saturated carbocycles. The van der Waals surface area contributed by atoms with Crippen molar-refractivity contribution in [3.8, 4) is 0 Å². The van der Waals surface area contributed by atoms with Crippen molar-refractivity contribution in [2.75, 3.05) is 0 Å². The Bertz CT molecular complexity index is 370. The predicted octanol–water partition coefficient (Wildman–Crippen LogP) is 3.42. The van der Waals surface area contributed by atoms with Gasteiger partial charge in [0.15, 0.2) is 5.11 Å². The minimum absolute atomic E-state index is 0.0394. The van der Waals surface area contributed by atoms with Gasteiger partial charge in [-0.25, -0.2) is 9.69 Å². The fourth-order valence-corrected chi connectivity index (χ4v) is 2.69. The molecule has 1 aliphatic carbocycles. The van der Waals surface area contributed by atoms with Crippen LogP contribution in [0.15, 0.2) is 12.8 Å². The summed E-state index contributed by atoms with van der Waals surface area (Å²) in [6.45, 7) is 10.2. The smallest absolute Gasteiger partial charge is 0.420 e. The molecule has 0 spiro atoms. The summed E-state index contributed by atoms with van der Waals surface area (Å²) in [4.78, 5) is 13.0. The van der Waals surface area contributed by atoms with Gasteiger partial charge in [0.05, 0.1) is 0 Å². The Labute approximate surface area is 121 Å². The number of nitrogens with zero attached hydrogens (tertiary/aromatic N) is 1. The number of nitrogens with two attached hydrogens (primary N) is 1. The predicted molar refractivity (Wildman–Crippen MR) is 80.5 cm³/mol. The van der Waals surface area contributed by atoms with E-state index in [0.29, 0.717) is 5.92 Å². The highest BCUT2D eigenvalue weighted by atomic mass is 32.1. The molecule has 0 heterocycles. The van der Waals surface area contributed by atoms with Crippen LogP contribution in [0.3, 0.4) is 0 Å². The van der Waals surface area contributed by atoms with Crippen molar-refractivity contribution in [1.29, 1.82) is 0 Å². The lowest BCUT2D eigenvalue weighted by Gasteiger charge is -2.41. The summed E-state index contributed by atoms with van der Waals surface area (Å²) in [6, 6.07) is 0. The zero-order chi connectivity index (χ0) is 14.6. The summed E-state index contributed by atoms with van der Waals surface area (Å²) in [6.07, 6.45) is 4.74. The maximum atomic E-state index is 11.9. The monoisotopic (exact) mass is 284 g/mol. The van der Waals surface area contributed by atoms with Gasteiger partial charge < -0.3 is 10.5 Å². The normalized spacial score (nSPS) is 26.8. The van der Waals surface area contributed by atoms with Gasteiger partial charge in [0, 0.05) is 6.20 Å². The van der Waals surface area contributed by atoms with Crippen LogP contribution in [0.2, 0.25) is 0 Å². The van der Waals surface area contributed by atoms with Crippen LogP contribution in [-0.2, 0) is 4.74 Å². The molecule has 108 valence electrons. The van der Waals surface area contributed by atoms with Crippen LogP contribution in [0.25, 0.3) is 0 Å². The molecule has 0 bridgehead atoms. The number of rotatable bonds is 3. The third kappa shape index (κ3) is 3.93. The largest absolute Gasteiger partial charge is 0.446 e. The number of hydrogen-bond acceptors (Lipinski definition) is 3. The van der Waals surface area contributed by atoms with E-state index in [-0.39, 0.29) is 16.6 Å². The van der Waals surface area contributed by atoms with Gasteiger partial charge in [0.25, 0.3) is 0 Å². The molecule has 1 fully saturated rings. The topological polar surface area (TPSA) is 55.6 Å². The maximum absolute atomic E-state index is 11.9. The lowest BCUT2D eigenvalue weighted by Crippen LogP contribution is -2.41. The molecule has 0 aromatic carbocycles. The molecule has 0 radical (unpaired) electrons. The maximum Gasteiger partial charge on any atom is 0.420 e. The first kappa shape index (κ1) is 16.0. The zero-order valence-corrected chi connectivity index (χ0v) is 12.8.